The van der Waals surface area contributed by atoms with E-state index >= 15 is 0 Å². The van der Waals surface area contributed by atoms with Crippen LogP contribution in [-0.2, 0) is 19.5 Å². The largest absolute Gasteiger partial charge is 0.323 e. The summed E-state index contributed by atoms with van der Waals surface area (Å²) >= 11 is 0. The van der Waals surface area contributed by atoms with Gasteiger partial charge in [0, 0.05) is 19.5 Å². The minimum atomic E-state index is -0.270. The predicted molar refractivity (Wildman–Crippen MR) is 100 cm³/mol. The SMILES string of the molecule is Cc1cc(NC(=O)N2CCn3c(Cc4cccc(F)c4)nnc3C2)nnc1C. The zero-order chi connectivity index (χ0) is 19.7. The number of fused-ring (bicyclic) bond motifs is 1. The van der Waals surface area contributed by atoms with Gasteiger partial charge in [-0.15, -0.1) is 15.3 Å². The number of aromatic nitrogens is 5. The molecule has 3 aromatic rings. The maximum absolute atomic E-state index is 13.4. The van der Waals surface area contributed by atoms with Crippen molar-refractivity contribution in [3.63, 3.8) is 0 Å². The van der Waals surface area contributed by atoms with E-state index in [1.54, 1.807) is 17.0 Å². The number of anilines is 1. The number of carbonyl (C=O) groups is 1. The summed E-state index contributed by atoms with van der Waals surface area (Å²) in [7, 11) is 0. The number of nitrogens with zero attached hydrogens (tertiary/aromatic N) is 6. The molecule has 9 heteroatoms. The van der Waals surface area contributed by atoms with E-state index in [2.05, 4.69) is 25.7 Å². The summed E-state index contributed by atoms with van der Waals surface area (Å²) in [6.45, 7) is 5.24. The molecule has 2 amide bonds. The van der Waals surface area contributed by atoms with Gasteiger partial charge in [-0.05, 0) is 43.2 Å². The zero-order valence-electron chi connectivity index (χ0n) is 15.7. The van der Waals surface area contributed by atoms with Crippen molar-refractivity contribution in [3.8, 4) is 0 Å². The smallest absolute Gasteiger partial charge is 0.315 e. The van der Waals surface area contributed by atoms with Crippen LogP contribution in [0.5, 0.6) is 0 Å². The first-order valence-corrected chi connectivity index (χ1v) is 9.02. The van der Waals surface area contributed by atoms with Gasteiger partial charge in [-0.3, -0.25) is 5.32 Å². The second-order valence-corrected chi connectivity index (χ2v) is 6.84. The summed E-state index contributed by atoms with van der Waals surface area (Å²) < 4.78 is 15.4. The molecule has 1 aromatic carbocycles. The third-order valence-corrected chi connectivity index (χ3v) is 4.83. The van der Waals surface area contributed by atoms with Crippen molar-refractivity contribution in [2.75, 3.05) is 11.9 Å². The lowest BCUT2D eigenvalue weighted by Gasteiger charge is -2.27. The van der Waals surface area contributed by atoms with Crippen molar-refractivity contribution in [2.45, 2.75) is 33.4 Å². The molecule has 3 heterocycles. The Balaban J connectivity index is 1.44. The molecule has 0 aliphatic carbocycles. The Morgan fingerprint density at radius 2 is 2.00 bits per heavy atom. The molecule has 0 unspecified atom stereocenters. The predicted octanol–water partition coefficient (Wildman–Crippen LogP) is 2.46. The molecular formula is C19H20FN7O. The number of hydrogen-bond acceptors (Lipinski definition) is 5. The minimum absolute atomic E-state index is 0.251. The molecule has 0 saturated carbocycles. The maximum atomic E-state index is 13.4. The van der Waals surface area contributed by atoms with Gasteiger partial charge >= 0.3 is 6.03 Å². The van der Waals surface area contributed by atoms with Gasteiger partial charge < -0.3 is 9.47 Å². The van der Waals surface area contributed by atoms with Crippen molar-refractivity contribution in [2.24, 2.45) is 0 Å². The van der Waals surface area contributed by atoms with Crippen molar-refractivity contribution in [1.82, 2.24) is 29.9 Å². The molecule has 1 aliphatic rings. The number of urea groups is 1. The zero-order valence-corrected chi connectivity index (χ0v) is 15.7. The molecule has 4 rings (SSSR count). The Morgan fingerprint density at radius 1 is 1.14 bits per heavy atom. The van der Waals surface area contributed by atoms with Gasteiger partial charge in [0.1, 0.15) is 11.6 Å². The Labute approximate surface area is 161 Å². The van der Waals surface area contributed by atoms with Gasteiger partial charge in [0.2, 0.25) is 0 Å². The fourth-order valence-corrected chi connectivity index (χ4v) is 3.15. The first-order chi connectivity index (χ1) is 13.5. The highest BCUT2D eigenvalue weighted by Crippen LogP contribution is 2.17. The van der Waals surface area contributed by atoms with Crippen LogP contribution in [0.4, 0.5) is 15.0 Å². The van der Waals surface area contributed by atoms with Crippen molar-refractivity contribution < 1.29 is 9.18 Å². The van der Waals surface area contributed by atoms with Crippen LogP contribution >= 0.6 is 0 Å². The molecule has 0 fully saturated rings. The Kier molecular flexibility index (Phi) is 4.72. The summed E-state index contributed by atoms with van der Waals surface area (Å²) in [6.07, 6.45) is 0.495. The molecule has 0 atom stereocenters. The third kappa shape index (κ3) is 3.68. The van der Waals surface area contributed by atoms with Crippen LogP contribution in [0.1, 0.15) is 28.5 Å². The molecule has 8 nitrogen and oxygen atoms in total. The van der Waals surface area contributed by atoms with Gasteiger partial charge in [-0.2, -0.15) is 5.10 Å². The van der Waals surface area contributed by atoms with Crippen LogP contribution < -0.4 is 5.32 Å². The second-order valence-electron chi connectivity index (χ2n) is 6.84. The molecule has 1 aliphatic heterocycles. The Morgan fingerprint density at radius 3 is 2.79 bits per heavy atom. The lowest BCUT2D eigenvalue weighted by Crippen LogP contribution is -2.41. The van der Waals surface area contributed by atoms with Gasteiger partial charge in [0.05, 0.1) is 12.2 Å². The summed E-state index contributed by atoms with van der Waals surface area (Å²) in [5.41, 5.74) is 2.63. The number of benzene rings is 1. The number of halogens is 1. The Bertz CT molecular complexity index is 1030. The van der Waals surface area contributed by atoms with Crippen LogP contribution in [0.3, 0.4) is 0 Å². The highest BCUT2D eigenvalue weighted by atomic mass is 19.1. The maximum Gasteiger partial charge on any atom is 0.323 e. The van der Waals surface area contributed by atoms with Gasteiger partial charge in [-0.1, -0.05) is 12.1 Å². The first-order valence-electron chi connectivity index (χ1n) is 9.02. The molecule has 0 radical (unpaired) electrons. The average Bonchev–Trinajstić information content (AvgIpc) is 3.07. The fraction of sp³-hybridized carbons (Fsp3) is 0.316. The number of aryl methyl sites for hydroxylation is 2. The third-order valence-electron chi connectivity index (χ3n) is 4.83. The van der Waals surface area contributed by atoms with E-state index in [0.717, 1.165) is 22.6 Å². The van der Waals surface area contributed by atoms with Crippen LogP contribution in [0.2, 0.25) is 0 Å². The topological polar surface area (TPSA) is 88.8 Å². The monoisotopic (exact) mass is 381 g/mol. The van der Waals surface area contributed by atoms with Crippen LogP contribution in [0.15, 0.2) is 30.3 Å². The summed E-state index contributed by atoms with van der Waals surface area (Å²) in [4.78, 5) is 14.2. The molecule has 0 saturated heterocycles. The summed E-state index contributed by atoms with van der Waals surface area (Å²) in [5.74, 6) is 1.62. The molecule has 1 N–H and O–H groups in total. The number of amides is 2. The highest BCUT2D eigenvalue weighted by Gasteiger charge is 2.25. The number of hydrogen-bond donors (Lipinski definition) is 1. The minimum Gasteiger partial charge on any atom is -0.315 e. The molecule has 0 bridgehead atoms. The van der Waals surface area contributed by atoms with Crippen LogP contribution in [0.25, 0.3) is 0 Å². The number of nitrogens with one attached hydrogen (secondary N) is 1. The summed E-state index contributed by atoms with van der Waals surface area (Å²) in [5, 5.41) is 19.2. The van der Waals surface area contributed by atoms with E-state index in [1.807, 2.05) is 24.5 Å². The Hall–Kier alpha value is -3.36. The standard InChI is InChI=1S/C19H20FN7O/c1-12-8-16(23-22-13(12)2)21-19(28)26-6-7-27-17(24-25-18(27)11-26)10-14-4-3-5-15(20)9-14/h3-5,8-9H,6-7,10-11H2,1-2H3,(H,21,23,28). The van der Waals surface area contributed by atoms with E-state index in [4.69, 9.17) is 0 Å². The normalized spacial score (nSPS) is 13.3. The fourth-order valence-electron chi connectivity index (χ4n) is 3.15. The molecular weight excluding hydrogens is 361 g/mol. The molecule has 2 aromatic heterocycles. The van der Waals surface area contributed by atoms with Gasteiger partial charge in [0.25, 0.3) is 0 Å². The highest BCUT2D eigenvalue weighted by molar-refractivity contribution is 5.88. The second kappa shape index (κ2) is 7.34. The van der Waals surface area contributed by atoms with Crippen molar-refractivity contribution >= 4 is 11.8 Å². The van der Waals surface area contributed by atoms with Gasteiger partial charge in [-0.25, -0.2) is 9.18 Å². The first kappa shape index (κ1) is 18.0. The van der Waals surface area contributed by atoms with E-state index in [0.29, 0.717) is 37.7 Å². The van der Waals surface area contributed by atoms with E-state index < -0.39 is 0 Å². The van der Waals surface area contributed by atoms with E-state index in [9.17, 15) is 9.18 Å². The van der Waals surface area contributed by atoms with Crippen molar-refractivity contribution in [1.29, 1.82) is 0 Å². The van der Waals surface area contributed by atoms with E-state index in [1.165, 1.54) is 12.1 Å². The number of carbonyl (C=O) groups excluding carboxylic acids is 1. The quantitative estimate of drug-likeness (QED) is 0.753. The van der Waals surface area contributed by atoms with Crippen LogP contribution in [0, 0.1) is 19.7 Å². The summed E-state index contributed by atoms with van der Waals surface area (Å²) in [6, 6.07) is 7.99. The molecule has 144 valence electrons. The van der Waals surface area contributed by atoms with Crippen molar-refractivity contribution in [3.05, 3.63) is 64.6 Å². The van der Waals surface area contributed by atoms with Gasteiger partial charge in [0.15, 0.2) is 11.6 Å². The lowest BCUT2D eigenvalue weighted by atomic mass is 10.1. The average molecular weight is 381 g/mol. The van der Waals surface area contributed by atoms with Crippen LogP contribution in [-0.4, -0.2) is 42.4 Å². The van der Waals surface area contributed by atoms with E-state index in [-0.39, 0.29) is 11.8 Å². The lowest BCUT2D eigenvalue weighted by molar-refractivity contribution is 0.195. The molecule has 28 heavy (non-hydrogen) atoms. The number of rotatable bonds is 3. The molecule has 0 spiro atoms.